The number of hydrogen-bond donors (Lipinski definition) is 1. The molecule has 0 aliphatic heterocycles. The zero-order valence-corrected chi connectivity index (χ0v) is 7.56. The first-order chi connectivity index (χ1) is 5.79. The Bertz CT molecular complexity index is 302. The van der Waals surface area contributed by atoms with Gasteiger partial charge in [-0.2, -0.15) is 0 Å². The number of hydrogen-bond acceptors (Lipinski definition) is 1. The number of nitrogens with two attached hydrogens (primary N) is 1. The van der Waals surface area contributed by atoms with E-state index >= 15 is 0 Å². The summed E-state index contributed by atoms with van der Waals surface area (Å²) in [5.74, 6) is 0. The predicted octanol–water partition coefficient (Wildman–Crippen LogP) is 2.46. The molecule has 0 fully saturated rings. The lowest BCUT2D eigenvalue weighted by Gasteiger charge is -2.18. The number of benzene rings is 1. The summed E-state index contributed by atoms with van der Waals surface area (Å²) < 4.78 is 0. The van der Waals surface area contributed by atoms with Gasteiger partial charge in [-0.15, -0.1) is 0 Å². The molecular formula is C11H15N. The van der Waals surface area contributed by atoms with Crippen molar-refractivity contribution >= 4 is 5.69 Å². The van der Waals surface area contributed by atoms with Gasteiger partial charge in [0.1, 0.15) is 0 Å². The molecule has 2 rings (SSSR count). The summed E-state index contributed by atoms with van der Waals surface area (Å²) in [5.41, 5.74) is 11.2. The molecule has 0 heterocycles. The van der Waals surface area contributed by atoms with Crippen LogP contribution >= 0.6 is 0 Å². The van der Waals surface area contributed by atoms with Gasteiger partial charge >= 0.3 is 0 Å². The highest BCUT2D eigenvalue weighted by atomic mass is 14.6. The Kier molecular flexibility index (Phi) is 1.80. The standard InChI is InChI=1S/C11H15N/c1-8-6-7-9-4-2-3-5-10(9)11(8)12/h6-7H,2-5,12H2,1H3. The first kappa shape index (κ1) is 7.66. The Morgan fingerprint density at radius 1 is 1.17 bits per heavy atom. The van der Waals surface area contributed by atoms with Crippen LogP contribution in [0, 0.1) is 6.92 Å². The van der Waals surface area contributed by atoms with E-state index in [9.17, 15) is 0 Å². The summed E-state index contributed by atoms with van der Waals surface area (Å²) >= 11 is 0. The SMILES string of the molecule is Cc1ccc2c(c1N)CCCC2. The molecule has 0 spiro atoms. The summed E-state index contributed by atoms with van der Waals surface area (Å²) in [7, 11) is 0. The van der Waals surface area contributed by atoms with E-state index < -0.39 is 0 Å². The zero-order chi connectivity index (χ0) is 8.55. The Morgan fingerprint density at radius 3 is 2.75 bits per heavy atom. The smallest absolute Gasteiger partial charge is 0.0379 e. The van der Waals surface area contributed by atoms with Crippen molar-refractivity contribution in [1.82, 2.24) is 0 Å². The van der Waals surface area contributed by atoms with Gasteiger partial charge < -0.3 is 5.73 Å². The minimum atomic E-state index is 1.03. The lowest BCUT2D eigenvalue weighted by Crippen LogP contribution is -2.07. The van der Waals surface area contributed by atoms with Gasteiger partial charge in [0.25, 0.3) is 0 Å². The molecule has 64 valence electrons. The second kappa shape index (κ2) is 2.81. The third kappa shape index (κ3) is 1.09. The molecule has 1 aliphatic rings. The number of fused-ring (bicyclic) bond motifs is 1. The number of anilines is 1. The Balaban J connectivity index is 2.54. The predicted molar refractivity (Wildman–Crippen MR) is 52.2 cm³/mol. The molecular weight excluding hydrogens is 146 g/mol. The van der Waals surface area contributed by atoms with E-state index in [1.807, 2.05) is 0 Å². The van der Waals surface area contributed by atoms with Crippen LogP contribution in [0.15, 0.2) is 12.1 Å². The second-order valence-electron chi connectivity index (χ2n) is 3.64. The topological polar surface area (TPSA) is 26.0 Å². The summed E-state index contributed by atoms with van der Waals surface area (Å²) in [5, 5.41) is 0. The van der Waals surface area contributed by atoms with Crippen LogP contribution in [0.1, 0.15) is 29.5 Å². The van der Waals surface area contributed by atoms with Gasteiger partial charge in [0.15, 0.2) is 0 Å². The molecule has 1 aliphatic carbocycles. The highest BCUT2D eigenvalue weighted by Gasteiger charge is 2.12. The zero-order valence-electron chi connectivity index (χ0n) is 7.56. The van der Waals surface area contributed by atoms with Gasteiger partial charge in [0, 0.05) is 5.69 Å². The maximum Gasteiger partial charge on any atom is 0.0379 e. The van der Waals surface area contributed by atoms with Crippen LogP contribution in [0.25, 0.3) is 0 Å². The van der Waals surface area contributed by atoms with Crippen molar-refractivity contribution in [3.8, 4) is 0 Å². The first-order valence-corrected chi connectivity index (χ1v) is 4.66. The van der Waals surface area contributed by atoms with Crippen molar-refractivity contribution in [2.75, 3.05) is 5.73 Å². The summed E-state index contributed by atoms with van der Waals surface area (Å²) in [6, 6.07) is 4.37. The fourth-order valence-corrected chi connectivity index (χ4v) is 1.97. The monoisotopic (exact) mass is 161 g/mol. The van der Waals surface area contributed by atoms with E-state index in [1.54, 1.807) is 0 Å². The fraction of sp³-hybridized carbons (Fsp3) is 0.455. The molecule has 1 heteroatoms. The van der Waals surface area contributed by atoms with Crippen LogP contribution in [-0.2, 0) is 12.8 Å². The average molecular weight is 161 g/mol. The molecule has 2 N–H and O–H groups in total. The van der Waals surface area contributed by atoms with E-state index in [4.69, 9.17) is 5.73 Å². The van der Waals surface area contributed by atoms with Crippen LogP contribution in [0.2, 0.25) is 0 Å². The summed E-state index contributed by atoms with van der Waals surface area (Å²) in [6.45, 7) is 2.09. The molecule has 1 aromatic rings. The van der Waals surface area contributed by atoms with Crippen LogP contribution < -0.4 is 5.73 Å². The van der Waals surface area contributed by atoms with E-state index in [2.05, 4.69) is 19.1 Å². The van der Waals surface area contributed by atoms with Crippen molar-refractivity contribution in [1.29, 1.82) is 0 Å². The Hall–Kier alpha value is -0.980. The average Bonchev–Trinajstić information content (AvgIpc) is 2.12. The minimum absolute atomic E-state index is 1.03. The normalized spacial score (nSPS) is 15.8. The number of nitrogen functional groups attached to an aromatic ring is 1. The van der Waals surface area contributed by atoms with Crippen molar-refractivity contribution in [3.63, 3.8) is 0 Å². The van der Waals surface area contributed by atoms with Crippen LogP contribution in [0.5, 0.6) is 0 Å². The molecule has 0 aromatic heterocycles. The Labute approximate surface area is 73.6 Å². The maximum absolute atomic E-state index is 6.00. The van der Waals surface area contributed by atoms with Gasteiger partial charge in [-0.25, -0.2) is 0 Å². The van der Waals surface area contributed by atoms with Crippen molar-refractivity contribution in [3.05, 3.63) is 28.8 Å². The van der Waals surface area contributed by atoms with Crippen LogP contribution in [-0.4, -0.2) is 0 Å². The van der Waals surface area contributed by atoms with Crippen LogP contribution in [0.4, 0.5) is 5.69 Å². The molecule has 1 aromatic carbocycles. The largest absolute Gasteiger partial charge is 0.398 e. The van der Waals surface area contributed by atoms with Gasteiger partial charge in [-0.1, -0.05) is 12.1 Å². The van der Waals surface area contributed by atoms with Crippen LogP contribution in [0.3, 0.4) is 0 Å². The second-order valence-corrected chi connectivity index (χ2v) is 3.64. The lowest BCUT2D eigenvalue weighted by atomic mass is 9.89. The molecule has 0 amide bonds. The van der Waals surface area contributed by atoms with Gasteiger partial charge in [-0.05, 0) is 49.3 Å². The fourth-order valence-electron chi connectivity index (χ4n) is 1.97. The molecule has 0 bridgehead atoms. The minimum Gasteiger partial charge on any atom is -0.398 e. The van der Waals surface area contributed by atoms with Gasteiger partial charge in [0.2, 0.25) is 0 Å². The quantitative estimate of drug-likeness (QED) is 0.581. The maximum atomic E-state index is 6.00. The van der Waals surface area contributed by atoms with E-state index in [0.29, 0.717) is 0 Å². The van der Waals surface area contributed by atoms with E-state index in [1.165, 1.54) is 42.4 Å². The molecule has 1 nitrogen and oxygen atoms in total. The highest BCUT2D eigenvalue weighted by Crippen LogP contribution is 2.28. The molecule has 12 heavy (non-hydrogen) atoms. The van der Waals surface area contributed by atoms with Crippen molar-refractivity contribution < 1.29 is 0 Å². The molecule has 0 atom stereocenters. The Morgan fingerprint density at radius 2 is 1.92 bits per heavy atom. The number of aryl methyl sites for hydroxylation is 2. The van der Waals surface area contributed by atoms with E-state index in [0.717, 1.165) is 5.69 Å². The third-order valence-corrected chi connectivity index (χ3v) is 2.79. The summed E-state index contributed by atoms with van der Waals surface area (Å²) in [4.78, 5) is 0. The summed E-state index contributed by atoms with van der Waals surface area (Å²) in [6.07, 6.45) is 5.04. The van der Waals surface area contributed by atoms with Crippen molar-refractivity contribution in [2.24, 2.45) is 0 Å². The lowest BCUT2D eigenvalue weighted by molar-refractivity contribution is 0.687. The van der Waals surface area contributed by atoms with Gasteiger partial charge in [-0.3, -0.25) is 0 Å². The van der Waals surface area contributed by atoms with Crippen molar-refractivity contribution in [2.45, 2.75) is 32.6 Å². The molecule has 0 radical (unpaired) electrons. The first-order valence-electron chi connectivity index (χ1n) is 4.66. The third-order valence-electron chi connectivity index (χ3n) is 2.79. The molecule has 0 unspecified atom stereocenters. The molecule has 0 saturated heterocycles. The van der Waals surface area contributed by atoms with Gasteiger partial charge in [0.05, 0.1) is 0 Å². The number of rotatable bonds is 0. The highest BCUT2D eigenvalue weighted by molar-refractivity contribution is 5.57. The molecule has 0 saturated carbocycles. The van der Waals surface area contributed by atoms with E-state index in [-0.39, 0.29) is 0 Å².